The highest BCUT2D eigenvalue weighted by atomic mass is 16.5. The van der Waals surface area contributed by atoms with E-state index in [1.165, 1.54) is 0 Å². The largest absolute Gasteiger partial charge is 0.497 e. The quantitative estimate of drug-likeness (QED) is 0.893. The third-order valence-electron chi connectivity index (χ3n) is 2.86. The van der Waals surface area contributed by atoms with Crippen LogP contribution in [0.3, 0.4) is 0 Å². The predicted molar refractivity (Wildman–Crippen MR) is 73.6 cm³/mol. The summed E-state index contributed by atoms with van der Waals surface area (Å²) in [5.74, 6) is 2.34. The van der Waals surface area contributed by atoms with Crippen LogP contribution in [0, 0.1) is 6.92 Å². The van der Waals surface area contributed by atoms with Gasteiger partial charge in [0.2, 0.25) is 0 Å². The number of anilines is 1. The molecule has 1 aromatic carbocycles. The number of hydrogen-bond acceptors (Lipinski definition) is 5. The molecule has 1 aromatic heterocycles. The summed E-state index contributed by atoms with van der Waals surface area (Å²) in [6, 6.07) is 7.65. The van der Waals surface area contributed by atoms with Crippen molar-refractivity contribution in [1.29, 1.82) is 0 Å². The topological polar surface area (TPSA) is 56.3 Å². The van der Waals surface area contributed by atoms with Crippen LogP contribution in [-0.2, 0) is 6.54 Å². The van der Waals surface area contributed by atoms with E-state index in [4.69, 9.17) is 9.47 Å². The number of hydrogen-bond donors (Lipinski definition) is 1. The van der Waals surface area contributed by atoms with Crippen molar-refractivity contribution >= 4 is 5.82 Å². The Morgan fingerprint density at radius 2 is 2.00 bits per heavy atom. The zero-order valence-electron chi connectivity index (χ0n) is 11.3. The first-order valence-electron chi connectivity index (χ1n) is 5.97. The van der Waals surface area contributed by atoms with Crippen LogP contribution in [0.25, 0.3) is 0 Å². The van der Waals surface area contributed by atoms with E-state index < -0.39 is 0 Å². The number of nitrogens with zero attached hydrogens (tertiary/aromatic N) is 2. The molecule has 0 amide bonds. The average molecular weight is 259 g/mol. The monoisotopic (exact) mass is 259 g/mol. The Labute approximate surface area is 112 Å². The van der Waals surface area contributed by atoms with E-state index in [-0.39, 0.29) is 0 Å². The van der Waals surface area contributed by atoms with Crippen molar-refractivity contribution in [2.45, 2.75) is 13.5 Å². The van der Waals surface area contributed by atoms with Crippen molar-refractivity contribution in [3.63, 3.8) is 0 Å². The Hall–Kier alpha value is -2.30. The van der Waals surface area contributed by atoms with Crippen molar-refractivity contribution in [3.8, 4) is 11.5 Å². The lowest BCUT2D eigenvalue weighted by atomic mass is 10.2. The molecule has 1 N–H and O–H groups in total. The standard InChI is InChI=1S/C14H17N3O2/c1-10-6-7-16-17-14(10)15-9-11-4-5-12(18-2)8-13(11)19-3/h4-8H,9H2,1-3H3,(H,15,17). The molecule has 0 saturated carbocycles. The van der Waals surface area contributed by atoms with Gasteiger partial charge in [0, 0.05) is 18.2 Å². The van der Waals surface area contributed by atoms with Gasteiger partial charge < -0.3 is 14.8 Å². The molecule has 0 saturated heterocycles. The molecule has 0 unspecified atom stereocenters. The van der Waals surface area contributed by atoms with Crippen LogP contribution in [0.1, 0.15) is 11.1 Å². The van der Waals surface area contributed by atoms with Crippen molar-refractivity contribution in [1.82, 2.24) is 10.2 Å². The molecule has 5 heteroatoms. The van der Waals surface area contributed by atoms with E-state index in [1.807, 2.05) is 31.2 Å². The number of aryl methyl sites for hydroxylation is 1. The number of ether oxygens (including phenoxy) is 2. The van der Waals surface area contributed by atoms with Gasteiger partial charge >= 0.3 is 0 Å². The second kappa shape index (κ2) is 6.04. The molecule has 19 heavy (non-hydrogen) atoms. The summed E-state index contributed by atoms with van der Waals surface area (Å²) in [6.07, 6.45) is 1.68. The normalized spacial score (nSPS) is 10.1. The van der Waals surface area contributed by atoms with Crippen molar-refractivity contribution in [3.05, 3.63) is 41.6 Å². The molecule has 2 aromatic rings. The Morgan fingerprint density at radius 1 is 1.16 bits per heavy atom. The molecule has 0 radical (unpaired) electrons. The van der Waals surface area contributed by atoms with Crippen LogP contribution >= 0.6 is 0 Å². The van der Waals surface area contributed by atoms with E-state index in [0.717, 1.165) is 28.4 Å². The number of aromatic nitrogens is 2. The zero-order valence-corrected chi connectivity index (χ0v) is 11.3. The second-order valence-corrected chi connectivity index (χ2v) is 4.09. The number of methoxy groups -OCH3 is 2. The average Bonchev–Trinajstić information content (AvgIpc) is 2.46. The summed E-state index contributed by atoms with van der Waals surface area (Å²) >= 11 is 0. The number of nitrogens with one attached hydrogen (secondary N) is 1. The summed E-state index contributed by atoms with van der Waals surface area (Å²) in [5, 5.41) is 11.2. The van der Waals surface area contributed by atoms with Crippen LogP contribution < -0.4 is 14.8 Å². The number of benzene rings is 1. The van der Waals surface area contributed by atoms with Gasteiger partial charge in [-0.05, 0) is 30.7 Å². The molecule has 100 valence electrons. The maximum absolute atomic E-state index is 5.35. The lowest BCUT2D eigenvalue weighted by Gasteiger charge is -2.12. The van der Waals surface area contributed by atoms with Crippen LogP contribution in [0.4, 0.5) is 5.82 Å². The summed E-state index contributed by atoms with van der Waals surface area (Å²) in [4.78, 5) is 0. The van der Waals surface area contributed by atoms with E-state index in [0.29, 0.717) is 6.54 Å². The maximum Gasteiger partial charge on any atom is 0.151 e. The molecule has 0 atom stereocenters. The molecular formula is C14H17N3O2. The first-order valence-corrected chi connectivity index (χ1v) is 5.97. The highest BCUT2D eigenvalue weighted by molar-refractivity contribution is 5.46. The molecule has 0 aliphatic rings. The minimum atomic E-state index is 0.618. The van der Waals surface area contributed by atoms with Gasteiger partial charge in [0.15, 0.2) is 5.82 Å². The first kappa shape index (κ1) is 13.1. The molecule has 0 aliphatic carbocycles. The van der Waals surface area contributed by atoms with Crippen molar-refractivity contribution < 1.29 is 9.47 Å². The summed E-state index contributed by atoms with van der Waals surface area (Å²) < 4.78 is 10.5. The van der Waals surface area contributed by atoms with Gasteiger partial charge in [0.1, 0.15) is 11.5 Å². The molecule has 2 rings (SSSR count). The summed E-state index contributed by atoms with van der Waals surface area (Å²) in [6.45, 7) is 2.61. The smallest absolute Gasteiger partial charge is 0.151 e. The Bertz CT molecular complexity index is 558. The van der Waals surface area contributed by atoms with Crippen LogP contribution in [-0.4, -0.2) is 24.4 Å². The molecule has 0 spiro atoms. The van der Waals surface area contributed by atoms with Crippen LogP contribution in [0.2, 0.25) is 0 Å². The van der Waals surface area contributed by atoms with E-state index >= 15 is 0 Å². The summed E-state index contributed by atoms with van der Waals surface area (Å²) in [5.41, 5.74) is 2.09. The van der Waals surface area contributed by atoms with Gasteiger partial charge in [-0.1, -0.05) is 0 Å². The Kier molecular flexibility index (Phi) is 4.18. The van der Waals surface area contributed by atoms with Gasteiger partial charge in [-0.3, -0.25) is 0 Å². The lowest BCUT2D eigenvalue weighted by molar-refractivity contribution is 0.391. The van der Waals surface area contributed by atoms with Crippen LogP contribution in [0.15, 0.2) is 30.5 Å². The van der Waals surface area contributed by atoms with Crippen LogP contribution in [0.5, 0.6) is 11.5 Å². The molecule has 5 nitrogen and oxygen atoms in total. The SMILES string of the molecule is COc1ccc(CNc2nnccc2C)c(OC)c1. The van der Waals surface area contributed by atoms with E-state index in [1.54, 1.807) is 20.4 Å². The first-order chi connectivity index (χ1) is 9.24. The Morgan fingerprint density at radius 3 is 2.68 bits per heavy atom. The highest BCUT2D eigenvalue weighted by Crippen LogP contribution is 2.25. The molecule has 0 fully saturated rings. The minimum absolute atomic E-state index is 0.618. The van der Waals surface area contributed by atoms with Gasteiger partial charge in [-0.2, -0.15) is 5.10 Å². The fraction of sp³-hybridized carbons (Fsp3) is 0.286. The Balaban J connectivity index is 2.13. The fourth-order valence-corrected chi connectivity index (χ4v) is 1.75. The number of rotatable bonds is 5. The molecule has 0 bridgehead atoms. The van der Waals surface area contributed by atoms with Gasteiger partial charge in [-0.15, -0.1) is 5.10 Å². The maximum atomic E-state index is 5.35. The van der Waals surface area contributed by atoms with Gasteiger partial charge in [0.05, 0.1) is 20.4 Å². The van der Waals surface area contributed by atoms with Gasteiger partial charge in [0.25, 0.3) is 0 Å². The minimum Gasteiger partial charge on any atom is -0.497 e. The zero-order chi connectivity index (χ0) is 13.7. The second-order valence-electron chi connectivity index (χ2n) is 4.09. The van der Waals surface area contributed by atoms with Gasteiger partial charge in [-0.25, -0.2) is 0 Å². The van der Waals surface area contributed by atoms with E-state index in [2.05, 4.69) is 15.5 Å². The third-order valence-corrected chi connectivity index (χ3v) is 2.86. The highest BCUT2D eigenvalue weighted by Gasteiger charge is 2.06. The summed E-state index contributed by atoms with van der Waals surface area (Å²) in [7, 11) is 3.28. The molecule has 1 heterocycles. The predicted octanol–water partition coefficient (Wildman–Crippen LogP) is 2.41. The van der Waals surface area contributed by atoms with Crippen molar-refractivity contribution in [2.24, 2.45) is 0 Å². The lowest BCUT2D eigenvalue weighted by Crippen LogP contribution is -2.05. The fourth-order valence-electron chi connectivity index (χ4n) is 1.75. The molecular weight excluding hydrogens is 242 g/mol. The molecule has 0 aliphatic heterocycles. The van der Waals surface area contributed by atoms with E-state index in [9.17, 15) is 0 Å². The third kappa shape index (κ3) is 3.13. The van der Waals surface area contributed by atoms with Crippen molar-refractivity contribution in [2.75, 3.05) is 19.5 Å².